The summed E-state index contributed by atoms with van der Waals surface area (Å²) in [7, 11) is 0. The van der Waals surface area contributed by atoms with Crippen LogP contribution in [0.3, 0.4) is 0 Å². The summed E-state index contributed by atoms with van der Waals surface area (Å²) in [6.07, 6.45) is 4.95. The van der Waals surface area contributed by atoms with Gasteiger partial charge in [0.15, 0.2) is 0 Å². The molecule has 1 aromatic rings. The van der Waals surface area contributed by atoms with Crippen molar-refractivity contribution in [3.8, 4) is 5.75 Å². The number of benzene rings is 1. The SMILES string of the molecule is CCCOc1ccc(C(Cl)CN2C(C)CCCC2C)cc1. The van der Waals surface area contributed by atoms with Crippen LogP contribution in [0, 0.1) is 0 Å². The van der Waals surface area contributed by atoms with Crippen LogP contribution in [-0.2, 0) is 0 Å². The van der Waals surface area contributed by atoms with Crippen LogP contribution in [0.15, 0.2) is 24.3 Å². The molecule has 1 aromatic carbocycles. The van der Waals surface area contributed by atoms with Crippen molar-refractivity contribution in [2.75, 3.05) is 13.2 Å². The molecule has 1 aliphatic heterocycles. The van der Waals surface area contributed by atoms with E-state index in [0.29, 0.717) is 12.1 Å². The highest BCUT2D eigenvalue weighted by atomic mass is 35.5. The number of nitrogens with zero attached hydrogens (tertiary/aromatic N) is 1. The lowest BCUT2D eigenvalue weighted by atomic mass is 9.96. The van der Waals surface area contributed by atoms with Gasteiger partial charge in [-0.25, -0.2) is 0 Å². The van der Waals surface area contributed by atoms with Gasteiger partial charge in [-0.2, -0.15) is 0 Å². The number of hydrogen-bond acceptors (Lipinski definition) is 2. The average molecular weight is 310 g/mol. The van der Waals surface area contributed by atoms with Gasteiger partial charge < -0.3 is 4.74 Å². The van der Waals surface area contributed by atoms with E-state index in [1.54, 1.807) is 0 Å². The Morgan fingerprint density at radius 2 is 1.81 bits per heavy atom. The molecule has 0 aliphatic carbocycles. The zero-order valence-corrected chi connectivity index (χ0v) is 14.3. The number of likely N-dealkylation sites (tertiary alicyclic amines) is 1. The molecule has 0 aromatic heterocycles. The standard InChI is InChI=1S/C18H28ClNO/c1-4-12-21-17-10-8-16(9-11-17)18(19)13-20-14(2)6-5-7-15(20)3/h8-11,14-15,18H,4-7,12-13H2,1-3H3. The second-order valence-corrected chi connectivity index (χ2v) is 6.74. The van der Waals surface area contributed by atoms with E-state index in [0.717, 1.165) is 25.3 Å². The number of halogens is 1. The molecule has 3 unspecified atom stereocenters. The molecule has 1 heterocycles. The van der Waals surface area contributed by atoms with Gasteiger partial charge in [0.25, 0.3) is 0 Å². The van der Waals surface area contributed by atoms with Gasteiger partial charge >= 0.3 is 0 Å². The van der Waals surface area contributed by atoms with Crippen molar-refractivity contribution in [2.45, 2.75) is 63.9 Å². The molecule has 3 atom stereocenters. The van der Waals surface area contributed by atoms with Crippen molar-refractivity contribution in [3.05, 3.63) is 29.8 Å². The van der Waals surface area contributed by atoms with Gasteiger partial charge in [-0.3, -0.25) is 4.90 Å². The molecule has 118 valence electrons. The summed E-state index contributed by atoms with van der Waals surface area (Å²) in [4.78, 5) is 2.56. The predicted octanol–water partition coefficient (Wildman–Crippen LogP) is 5.02. The van der Waals surface area contributed by atoms with Crippen LogP contribution in [0.2, 0.25) is 0 Å². The minimum Gasteiger partial charge on any atom is -0.494 e. The molecule has 0 saturated carbocycles. The highest BCUT2D eigenvalue weighted by molar-refractivity contribution is 6.21. The topological polar surface area (TPSA) is 12.5 Å². The summed E-state index contributed by atoms with van der Waals surface area (Å²) >= 11 is 6.64. The molecule has 2 rings (SSSR count). The maximum atomic E-state index is 6.64. The Kier molecular flexibility index (Phi) is 6.38. The Balaban J connectivity index is 1.94. The quantitative estimate of drug-likeness (QED) is 0.684. The second kappa shape index (κ2) is 8.05. The molecule has 0 radical (unpaired) electrons. The lowest BCUT2D eigenvalue weighted by molar-refractivity contribution is 0.103. The van der Waals surface area contributed by atoms with Crippen molar-refractivity contribution in [2.24, 2.45) is 0 Å². The van der Waals surface area contributed by atoms with Crippen LogP contribution in [0.1, 0.15) is 57.4 Å². The Hall–Kier alpha value is -0.730. The first-order chi connectivity index (χ1) is 10.1. The summed E-state index contributed by atoms with van der Waals surface area (Å²) in [6.45, 7) is 8.46. The van der Waals surface area contributed by atoms with Gasteiger partial charge in [-0.05, 0) is 50.8 Å². The van der Waals surface area contributed by atoms with Crippen molar-refractivity contribution in [1.29, 1.82) is 0 Å². The van der Waals surface area contributed by atoms with Gasteiger partial charge in [0.1, 0.15) is 5.75 Å². The van der Waals surface area contributed by atoms with Crippen LogP contribution < -0.4 is 4.74 Å². The minimum absolute atomic E-state index is 0.0493. The van der Waals surface area contributed by atoms with Crippen molar-refractivity contribution >= 4 is 11.6 Å². The predicted molar refractivity (Wildman–Crippen MR) is 90.3 cm³/mol. The maximum absolute atomic E-state index is 6.64. The number of hydrogen-bond donors (Lipinski definition) is 0. The molecule has 0 amide bonds. The Bertz CT molecular complexity index is 410. The first kappa shape index (κ1) is 16.6. The Morgan fingerprint density at radius 1 is 1.19 bits per heavy atom. The van der Waals surface area contributed by atoms with Gasteiger partial charge in [0.05, 0.1) is 12.0 Å². The van der Waals surface area contributed by atoms with E-state index >= 15 is 0 Å². The van der Waals surface area contributed by atoms with Gasteiger partial charge in [-0.15, -0.1) is 11.6 Å². The Labute approximate surface area is 134 Å². The van der Waals surface area contributed by atoms with Gasteiger partial charge in [0.2, 0.25) is 0 Å². The Morgan fingerprint density at radius 3 is 2.38 bits per heavy atom. The number of alkyl halides is 1. The van der Waals surface area contributed by atoms with E-state index in [-0.39, 0.29) is 5.38 Å². The van der Waals surface area contributed by atoms with Crippen LogP contribution >= 0.6 is 11.6 Å². The lowest BCUT2D eigenvalue weighted by Gasteiger charge is -2.40. The zero-order chi connectivity index (χ0) is 15.2. The molecule has 21 heavy (non-hydrogen) atoms. The van der Waals surface area contributed by atoms with Crippen LogP contribution in [0.5, 0.6) is 5.75 Å². The largest absolute Gasteiger partial charge is 0.494 e. The van der Waals surface area contributed by atoms with E-state index in [4.69, 9.17) is 16.3 Å². The maximum Gasteiger partial charge on any atom is 0.119 e. The fourth-order valence-electron chi connectivity index (χ4n) is 3.12. The molecule has 1 fully saturated rings. The van der Waals surface area contributed by atoms with Crippen molar-refractivity contribution < 1.29 is 4.74 Å². The fourth-order valence-corrected chi connectivity index (χ4v) is 3.42. The lowest BCUT2D eigenvalue weighted by Crippen LogP contribution is -2.45. The third-order valence-corrected chi connectivity index (χ3v) is 4.85. The summed E-state index contributed by atoms with van der Waals surface area (Å²) in [5, 5.41) is 0.0493. The highest BCUT2D eigenvalue weighted by Crippen LogP contribution is 2.29. The van der Waals surface area contributed by atoms with Gasteiger partial charge in [-0.1, -0.05) is 25.5 Å². The highest BCUT2D eigenvalue weighted by Gasteiger charge is 2.26. The molecule has 0 N–H and O–H groups in total. The van der Waals surface area contributed by atoms with Crippen molar-refractivity contribution in [1.82, 2.24) is 4.90 Å². The second-order valence-electron chi connectivity index (χ2n) is 6.21. The zero-order valence-electron chi connectivity index (χ0n) is 13.5. The molecule has 3 heteroatoms. The van der Waals surface area contributed by atoms with Crippen molar-refractivity contribution in [3.63, 3.8) is 0 Å². The fraction of sp³-hybridized carbons (Fsp3) is 0.667. The summed E-state index contributed by atoms with van der Waals surface area (Å²) in [5.74, 6) is 0.934. The van der Waals surface area contributed by atoms with E-state index in [9.17, 15) is 0 Å². The van der Waals surface area contributed by atoms with Crippen LogP contribution in [0.4, 0.5) is 0 Å². The molecule has 1 saturated heterocycles. The van der Waals surface area contributed by atoms with E-state index in [2.05, 4.69) is 37.8 Å². The molecule has 1 aliphatic rings. The van der Waals surface area contributed by atoms with E-state index in [1.807, 2.05) is 12.1 Å². The average Bonchev–Trinajstić information content (AvgIpc) is 2.49. The molecular formula is C18H28ClNO. The molecule has 2 nitrogen and oxygen atoms in total. The minimum atomic E-state index is 0.0493. The smallest absolute Gasteiger partial charge is 0.119 e. The third-order valence-electron chi connectivity index (χ3n) is 4.46. The monoisotopic (exact) mass is 309 g/mol. The summed E-state index contributed by atoms with van der Waals surface area (Å²) in [5.41, 5.74) is 1.19. The number of piperidine rings is 1. The third kappa shape index (κ3) is 4.62. The first-order valence-corrected chi connectivity index (χ1v) is 8.68. The van der Waals surface area contributed by atoms with E-state index in [1.165, 1.54) is 24.8 Å². The summed E-state index contributed by atoms with van der Waals surface area (Å²) < 4.78 is 5.62. The van der Waals surface area contributed by atoms with Crippen LogP contribution in [0.25, 0.3) is 0 Å². The van der Waals surface area contributed by atoms with Gasteiger partial charge in [0, 0.05) is 18.6 Å². The summed E-state index contributed by atoms with van der Waals surface area (Å²) in [6, 6.07) is 9.54. The molecular weight excluding hydrogens is 282 g/mol. The van der Waals surface area contributed by atoms with Crippen LogP contribution in [-0.4, -0.2) is 30.1 Å². The molecule has 0 bridgehead atoms. The number of rotatable bonds is 6. The first-order valence-electron chi connectivity index (χ1n) is 8.24. The molecule has 0 spiro atoms. The normalized spacial score (nSPS) is 24.8. The van der Waals surface area contributed by atoms with E-state index < -0.39 is 0 Å². The number of ether oxygens (including phenoxy) is 1.